The first-order chi connectivity index (χ1) is 18.5. The van der Waals surface area contributed by atoms with Gasteiger partial charge in [-0.1, -0.05) is 25.0 Å². The van der Waals surface area contributed by atoms with Crippen LogP contribution in [0.5, 0.6) is 0 Å². The zero-order valence-electron chi connectivity index (χ0n) is 21.1. The van der Waals surface area contributed by atoms with Crippen LogP contribution in [0.4, 0.5) is 27.6 Å². The number of aromatic nitrogens is 1. The first kappa shape index (κ1) is 28.2. The minimum absolute atomic E-state index is 0.0822. The highest BCUT2D eigenvalue weighted by molar-refractivity contribution is 5.97. The van der Waals surface area contributed by atoms with Crippen LogP contribution in [0.3, 0.4) is 0 Å². The van der Waals surface area contributed by atoms with E-state index in [2.05, 4.69) is 10.3 Å². The first-order valence-corrected chi connectivity index (χ1v) is 12.6. The molecule has 3 aromatic rings. The summed E-state index contributed by atoms with van der Waals surface area (Å²) in [4.78, 5) is 28.1. The third-order valence-electron chi connectivity index (χ3n) is 7.26. The number of carboxylic acid groups (broad SMARTS) is 1. The molecule has 10 heteroatoms. The summed E-state index contributed by atoms with van der Waals surface area (Å²) in [5, 5.41) is 11.8. The summed E-state index contributed by atoms with van der Waals surface area (Å²) in [6.45, 7) is 1.75. The normalized spacial score (nSPS) is 14.8. The van der Waals surface area contributed by atoms with Crippen LogP contribution in [-0.4, -0.2) is 22.0 Å². The second-order valence-corrected chi connectivity index (χ2v) is 9.81. The van der Waals surface area contributed by atoms with Crippen molar-refractivity contribution in [3.8, 4) is 11.1 Å². The molecule has 0 aliphatic heterocycles. The number of anilines is 1. The molecule has 5 nitrogen and oxygen atoms in total. The molecule has 2 N–H and O–H groups in total. The Balaban J connectivity index is 1.68. The number of nitrogens with zero attached hydrogens (tertiary/aromatic N) is 1. The van der Waals surface area contributed by atoms with Gasteiger partial charge in [0.2, 0.25) is 5.91 Å². The maximum atomic E-state index is 15.5. The molecule has 1 unspecified atom stereocenters. The highest BCUT2D eigenvalue weighted by atomic mass is 19.4. The van der Waals surface area contributed by atoms with E-state index in [1.54, 1.807) is 25.1 Å². The number of hydrogen-bond donors (Lipinski definition) is 2. The van der Waals surface area contributed by atoms with E-state index in [1.165, 1.54) is 0 Å². The van der Waals surface area contributed by atoms with Gasteiger partial charge in [0.1, 0.15) is 11.6 Å². The van der Waals surface area contributed by atoms with Crippen LogP contribution in [0.25, 0.3) is 11.1 Å². The van der Waals surface area contributed by atoms with Gasteiger partial charge in [0.25, 0.3) is 0 Å². The predicted molar refractivity (Wildman–Crippen MR) is 135 cm³/mol. The Morgan fingerprint density at radius 2 is 1.79 bits per heavy atom. The Bertz CT molecular complexity index is 1380. The van der Waals surface area contributed by atoms with Crippen molar-refractivity contribution >= 4 is 17.6 Å². The van der Waals surface area contributed by atoms with Crippen molar-refractivity contribution in [2.45, 2.75) is 57.5 Å². The van der Waals surface area contributed by atoms with Crippen molar-refractivity contribution in [2.24, 2.45) is 5.92 Å². The molecule has 39 heavy (non-hydrogen) atoms. The van der Waals surface area contributed by atoms with Crippen molar-refractivity contribution in [3.63, 3.8) is 0 Å². The Labute approximate surface area is 222 Å². The molecule has 1 atom stereocenters. The van der Waals surface area contributed by atoms with Gasteiger partial charge in [0.15, 0.2) is 0 Å². The van der Waals surface area contributed by atoms with E-state index in [1.807, 2.05) is 0 Å². The molecule has 1 aliphatic rings. The highest BCUT2D eigenvalue weighted by Gasteiger charge is 2.35. The summed E-state index contributed by atoms with van der Waals surface area (Å²) >= 11 is 0. The van der Waals surface area contributed by atoms with E-state index in [-0.39, 0.29) is 35.4 Å². The van der Waals surface area contributed by atoms with E-state index in [0.29, 0.717) is 36.4 Å². The Morgan fingerprint density at radius 3 is 2.46 bits per heavy atom. The fraction of sp³-hybridized carbons (Fsp3) is 0.345. The first-order valence-electron chi connectivity index (χ1n) is 12.6. The molecule has 0 bridgehead atoms. The summed E-state index contributed by atoms with van der Waals surface area (Å²) in [7, 11) is 0. The van der Waals surface area contributed by atoms with Gasteiger partial charge in [-0.25, -0.2) is 8.78 Å². The summed E-state index contributed by atoms with van der Waals surface area (Å²) < 4.78 is 70.2. The van der Waals surface area contributed by atoms with Gasteiger partial charge in [-0.05, 0) is 67.5 Å². The number of halogens is 5. The van der Waals surface area contributed by atoms with Crippen LogP contribution in [0.1, 0.15) is 60.3 Å². The van der Waals surface area contributed by atoms with Gasteiger partial charge >= 0.3 is 12.1 Å². The number of pyridine rings is 1. The smallest absolute Gasteiger partial charge is 0.417 e. The van der Waals surface area contributed by atoms with Crippen LogP contribution in [0.15, 0.2) is 48.8 Å². The highest BCUT2D eigenvalue weighted by Crippen LogP contribution is 2.41. The number of alkyl halides is 3. The van der Waals surface area contributed by atoms with Crippen molar-refractivity contribution in [1.82, 2.24) is 4.98 Å². The fourth-order valence-electron chi connectivity index (χ4n) is 5.21. The molecule has 0 radical (unpaired) electrons. The minimum Gasteiger partial charge on any atom is -0.481 e. The zero-order chi connectivity index (χ0) is 28.3. The Hall–Kier alpha value is -3.82. The van der Waals surface area contributed by atoms with Gasteiger partial charge in [0.05, 0.1) is 11.5 Å². The minimum atomic E-state index is -4.70. The molecule has 4 rings (SSSR count). The molecular formula is C29H27F5N2O3. The van der Waals surface area contributed by atoms with E-state index >= 15 is 8.78 Å². The molecule has 1 aliphatic carbocycles. The third-order valence-corrected chi connectivity index (χ3v) is 7.26. The summed E-state index contributed by atoms with van der Waals surface area (Å²) in [5.41, 5.74) is -0.0159. The van der Waals surface area contributed by atoms with E-state index in [4.69, 9.17) is 5.11 Å². The fourth-order valence-corrected chi connectivity index (χ4v) is 5.21. The van der Waals surface area contributed by atoms with Gasteiger partial charge < -0.3 is 10.4 Å². The molecule has 1 fully saturated rings. The molecule has 0 spiro atoms. The summed E-state index contributed by atoms with van der Waals surface area (Å²) in [6, 6.07) is 7.51. The number of carbonyl (C=O) groups excluding carboxylic acids is 1. The maximum Gasteiger partial charge on any atom is 0.417 e. The number of benzene rings is 2. The monoisotopic (exact) mass is 546 g/mol. The van der Waals surface area contributed by atoms with E-state index in [9.17, 15) is 22.8 Å². The van der Waals surface area contributed by atoms with Crippen LogP contribution in [0.2, 0.25) is 0 Å². The van der Waals surface area contributed by atoms with Gasteiger partial charge in [-0.2, -0.15) is 13.2 Å². The van der Waals surface area contributed by atoms with Crippen LogP contribution in [-0.2, 0) is 22.2 Å². The standard InChI is InChI=1S/C29H27F5N2O3/c1-16-17(9-10-26(37)38)7-4-8-25(16)36-28(39)27(18-5-2-3-6-18)22-13-23(30)21(12-24(22)31)19-11-20(15-35-14-19)29(32,33)34/h4,7-8,11-15,18,27H,2-3,5-6,9-10H2,1H3,(H,36,39)(H,37,38). The number of aryl methyl sites for hydroxylation is 1. The van der Waals surface area contributed by atoms with Crippen LogP contribution >= 0.6 is 0 Å². The number of carbonyl (C=O) groups is 2. The van der Waals surface area contributed by atoms with E-state index < -0.39 is 41.2 Å². The van der Waals surface area contributed by atoms with Gasteiger partial charge in [-0.3, -0.25) is 14.6 Å². The van der Waals surface area contributed by atoms with Gasteiger partial charge in [0, 0.05) is 41.2 Å². The molecule has 1 amide bonds. The van der Waals surface area contributed by atoms with Crippen LogP contribution in [0, 0.1) is 24.5 Å². The molecule has 1 heterocycles. The number of hydrogen-bond acceptors (Lipinski definition) is 3. The number of rotatable bonds is 8. The van der Waals surface area contributed by atoms with Crippen molar-refractivity contribution in [3.05, 3.63) is 82.7 Å². The lowest BCUT2D eigenvalue weighted by Gasteiger charge is -2.25. The number of nitrogens with one attached hydrogen (secondary N) is 1. The number of aliphatic carboxylic acids is 1. The molecule has 1 saturated carbocycles. The van der Waals surface area contributed by atoms with Crippen molar-refractivity contribution in [1.29, 1.82) is 0 Å². The van der Waals surface area contributed by atoms with Gasteiger partial charge in [-0.15, -0.1) is 0 Å². The second-order valence-electron chi connectivity index (χ2n) is 9.81. The quantitative estimate of drug-likeness (QED) is 0.291. The molecule has 0 saturated heterocycles. The maximum absolute atomic E-state index is 15.5. The SMILES string of the molecule is Cc1c(CCC(=O)O)cccc1NC(=O)C(c1cc(F)c(-c2cncc(C(F)(F)F)c2)cc1F)C1CCCC1. The van der Waals surface area contributed by atoms with Crippen molar-refractivity contribution < 1.29 is 36.6 Å². The summed E-state index contributed by atoms with van der Waals surface area (Å²) in [5.74, 6) is -4.63. The van der Waals surface area contributed by atoms with E-state index in [0.717, 1.165) is 36.7 Å². The lowest BCUT2D eigenvalue weighted by atomic mass is 9.83. The molecule has 1 aromatic heterocycles. The molecule has 206 valence electrons. The third kappa shape index (κ3) is 6.43. The Morgan fingerprint density at radius 1 is 1.08 bits per heavy atom. The summed E-state index contributed by atoms with van der Waals surface area (Å²) in [6.07, 6.45) is 0.0361. The average molecular weight is 547 g/mol. The van der Waals surface area contributed by atoms with Crippen molar-refractivity contribution in [2.75, 3.05) is 5.32 Å². The zero-order valence-corrected chi connectivity index (χ0v) is 21.1. The topological polar surface area (TPSA) is 79.3 Å². The number of amides is 1. The average Bonchev–Trinajstić information content (AvgIpc) is 3.40. The predicted octanol–water partition coefficient (Wildman–Crippen LogP) is 7.28. The number of carboxylic acids is 1. The Kier molecular flexibility index (Phi) is 8.32. The van der Waals surface area contributed by atoms with Crippen LogP contribution < -0.4 is 5.32 Å². The molecule has 2 aromatic carbocycles. The lowest BCUT2D eigenvalue weighted by Crippen LogP contribution is -2.28. The largest absolute Gasteiger partial charge is 0.481 e. The second kappa shape index (κ2) is 11.5. The lowest BCUT2D eigenvalue weighted by molar-refractivity contribution is -0.138. The molecular weight excluding hydrogens is 519 g/mol.